The first kappa shape index (κ1) is 11.9. The van der Waals surface area contributed by atoms with Crippen molar-refractivity contribution in [1.29, 1.82) is 0 Å². The maximum atomic E-state index is 13.3. The third-order valence-corrected chi connectivity index (χ3v) is 4.07. The second-order valence-corrected chi connectivity index (χ2v) is 5.65. The lowest BCUT2D eigenvalue weighted by Gasteiger charge is -2.10. The van der Waals surface area contributed by atoms with Crippen molar-refractivity contribution in [2.75, 3.05) is 20.6 Å². The molecule has 0 bridgehead atoms. The Kier molecular flexibility index (Phi) is 2.76. The molecule has 0 aliphatic heterocycles. The number of aromatic nitrogens is 1. The Labute approximate surface area is 97.3 Å². The van der Waals surface area contributed by atoms with E-state index in [-0.39, 0.29) is 13.0 Å². The largest absolute Gasteiger partial charge is 0.329 e. The normalized spacial score (nSPS) is 27.4. The van der Waals surface area contributed by atoms with Crippen LogP contribution in [-0.2, 0) is 12.0 Å². The molecule has 1 heterocycles. The molecule has 3 nitrogen and oxygen atoms in total. The van der Waals surface area contributed by atoms with E-state index in [0.717, 1.165) is 11.4 Å². The minimum atomic E-state index is -2.67. The molecule has 90 valence electrons. The van der Waals surface area contributed by atoms with E-state index in [9.17, 15) is 8.78 Å². The number of hydrogen-bond donors (Lipinski definition) is 1. The number of nitrogens with two attached hydrogens (primary N) is 1. The summed E-state index contributed by atoms with van der Waals surface area (Å²) in [5, 5.41) is 0.483. The molecule has 0 spiro atoms. The number of rotatable bonds is 4. The summed E-state index contributed by atoms with van der Waals surface area (Å²) >= 11 is 1.34. The molecular formula is C10H15F2N3S. The molecular weight excluding hydrogens is 232 g/mol. The fourth-order valence-electron chi connectivity index (χ4n) is 1.79. The van der Waals surface area contributed by atoms with Gasteiger partial charge in [-0.15, -0.1) is 11.3 Å². The zero-order valence-corrected chi connectivity index (χ0v) is 10.2. The lowest BCUT2D eigenvalue weighted by atomic mass is 10.1. The van der Waals surface area contributed by atoms with Gasteiger partial charge in [-0.05, 0) is 14.1 Å². The Morgan fingerprint density at radius 1 is 1.56 bits per heavy atom. The summed E-state index contributed by atoms with van der Waals surface area (Å²) in [6.07, 6.45) is 1.51. The molecule has 16 heavy (non-hydrogen) atoms. The van der Waals surface area contributed by atoms with Crippen molar-refractivity contribution < 1.29 is 8.78 Å². The first-order valence-corrected chi connectivity index (χ1v) is 5.91. The van der Waals surface area contributed by atoms with Crippen molar-refractivity contribution >= 4 is 11.3 Å². The molecule has 2 rings (SSSR count). The molecule has 6 heteroatoms. The summed E-state index contributed by atoms with van der Waals surface area (Å²) in [5.41, 5.74) is 4.28. The van der Waals surface area contributed by atoms with Crippen molar-refractivity contribution in [2.24, 2.45) is 5.73 Å². The zero-order valence-electron chi connectivity index (χ0n) is 9.33. The maximum Gasteiger partial charge on any atom is 0.262 e. The molecule has 1 unspecified atom stereocenters. The fraction of sp³-hybridized carbons (Fsp3) is 0.700. The molecule has 0 amide bonds. The van der Waals surface area contributed by atoms with E-state index >= 15 is 0 Å². The molecule has 0 aromatic carbocycles. The SMILES string of the molecule is CN(C)Cc1cnc(C2(CN)CC2(F)F)s1. The third kappa shape index (κ3) is 1.74. The van der Waals surface area contributed by atoms with E-state index in [2.05, 4.69) is 4.98 Å². The lowest BCUT2D eigenvalue weighted by molar-refractivity contribution is 0.0895. The van der Waals surface area contributed by atoms with Gasteiger partial charge >= 0.3 is 0 Å². The van der Waals surface area contributed by atoms with Crippen LogP contribution in [-0.4, -0.2) is 36.4 Å². The molecule has 1 saturated carbocycles. The van der Waals surface area contributed by atoms with E-state index in [4.69, 9.17) is 5.73 Å². The zero-order chi connectivity index (χ0) is 12.0. The van der Waals surface area contributed by atoms with Crippen LogP contribution in [0.15, 0.2) is 6.20 Å². The summed E-state index contributed by atoms with van der Waals surface area (Å²) in [5.74, 6) is -2.67. The Morgan fingerprint density at radius 3 is 2.62 bits per heavy atom. The average Bonchev–Trinajstić information content (AvgIpc) is 2.57. The second kappa shape index (κ2) is 3.72. The van der Waals surface area contributed by atoms with E-state index in [1.165, 1.54) is 11.3 Å². The number of hydrogen-bond acceptors (Lipinski definition) is 4. The molecule has 1 atom stereocenters. The first-order valence-electron chi connectivity index (χ1n) is 5.09. The summed E-state index contributed by atoms with van der Waals surface area (Å²) < 4.78 is 26.6. The third-order valence-electron chi connectivity index (χ3n) is 2.88. The predicted octanol–water partition coefficient (Wildman–Crippen LogP) is 1.44. The number of halogens is 2. The minimum Gasteiger partial charge on any atom is -0.329 e. The van der Waals surface area contributed by atoms with Crippen molar-refractivity contribution in [3.8, 4) is 0 Å². The van der Waals surface area contributed by atoms with Gasteiger partial charge in [0.05, 0.1) is 0 Å². The topological polar surface area (TPSA) is 42.2 Å². The van der Waals surface area contributed by atoms with Gasteiger partial charge in [-0.25, -0.2) is 13.8 Å². The lowest BCUT2D eigenvalue weighted by Crippen LogP contribution is -2.26. The number of thiazole rings is 1. The van der Waals surface area contributed by atoms with Crippen LogP contribution in [0.25, 0.3) is 0 Å². The molecule has 1 aliphatic carbocycles. The molecule has 1 fully saturated rings. The van der Waals surface area contributed by atoms with E-state index < -0.39 is 11.3 Å². The van der Waals surface area contributed by atoms with Crippen molar-refractivity contribution in [3.63, 3.8) is 0 Å². The van der Waals surface area contributed by atoms with Crippen molar-refractivity contribution in [2.45, 2.75) is 24.3 Å². The van der Waals surface area contributed by atoms with Gasteiger partial charge in [0.25, 0.3) is 5.92 Å². The van der Waals surface area contributed by atoms with Gasteiger partial charge < -0.3 is 10.6 Å². The van der Waals surface area contributed by atoms with E-state index in [1.54, 1.807) is 6.20 Å². The molecule has 0 radical (unpaired) electrons. The molecule has 2 N–H and O–H groups in total. The van der Waals surface area contributed by atoms with Crippen LogP contribution in [0.5, 0.6) is 0 Å². The van der Waals surface area contributed by atoms with E-state index in [1.807, 2.05) is 19.0 Å². The Hall–Kier alpha value is -0.590. The highest BCUT2D eigenvalue weighted by Gasteiger charge is 2.72. The second-order valence-electron chi connectivity index (χ2n) is 4.54. The van der Waals surface area contributed by atoms with Gasteiger partial charge in [0.15, 0.2) is 0 Å². The van der Waals surface area contributed by atoms with Crippen molar-refractivity contribution in [1.82, 2.24) is 9.88 Å². The number of alkyl halides is 2. The smallest absolute Gasteiger partial charge is 0.262 e. The van der Waals surface area contributed by atoms with Crippen LogP contribution in [0.4, 0.5) is 8.78 Å². The standard InChI is InChI=1S/C10H15F2N3S/c1-15(2)4-7-3-14-8(16-7)9(6-13)5-10(9,11)12/h3H,4-6,13H2,1-2H3. The van der Waals surface area contributed by atoms with Gasteiger partial charge in [0, 0.05) is 30.6 Å². The van der Waals surface area contributed by atoms with Crippen LogP contribution < -0.4 is 5.73 Å². The highest BCUT2D eigenvalue weighted by Crippen LogP contribution is 2.61. The Balaban J connectivity index is 2.19. The number of nitrogens with zero attached hydrogens (tertiary/aromatic N) is 2. The van der Waals surface area contributed by atoms with Crippen molar-refractivity contribution in [3.05, 3.63) is 16.1 Å². The quantitative estimate of drug-likeness (QED) is 0.875. The summed E-state index contributed by atoms with van der Waals surface area (Å²) in [6.45, 7) is 0.693. The minimum absolute atomic E-state index is 0.0328. The van der Waals surface area contributed by atoms with Gasteiger partial charge in [0.1, 0.15) is 10.4 Å². The highest BCUT2D eigenvalue weighted by molar-refractivity contribution is 7.11. The molecule has 0 saturated heterocycles. The van der Waals surface area contributed by atoms with Gasteiger partial charge in [0.2, 0.25) is 0 Å². The fourth-order valence-corrected chi connectivity index (χ4v) is 3.07. The monoisotopic (exact) mass is 247 g/mol. The molecule has 1 aliphatic rings. The maximum absolute atomic E-state index is 13.3. The van der Waals surface area contributed by atoms with E-state index in [0.29, 0.717) is 5.01 Å². The van der Waals surface area contributed by atoms with Gasteiger partial charge in [-0.3, -0.25) is 0 Å². The summed E-state index contributed by atoms with van der Waals surface area (Å²) in [7, 11) is 3.87. The highest BCUT2D eigenvalue weighted by atomic mass is 32.1. The van der Waals surface area contributed by atoms with Crippen LogP contribution in [0.1, 0.15) is 16.3 Å². The average molecular weight is 247 g/mol. The van der Waals surface area contributed by atoms with Gasteiger partial charge in [-0.2, -0.15) is 0 Å². The predicted molar refractivity (Wildman–Crippen MR) is 59.8 cm³/mol. The van der Waals surface area contributed by atoms with Crippen LogP contribution in [0.2, 0.25) is 0 Å². The Morgan fingerprint density at radius 2 is 2.19 bits per heavy atom. The molecule has 1 aromatic rings. The van der Waals surface area contributed by atoms with Crippen LogP contribution >= 0.6 is 11.3 Å². The first-order chi connectivity index (χ1) is 7.41. The van der Waals surface area contributed by atoms with Crippen LogP contribution in [0, 0.1) is 0 Å². The summed E-state index contributed by atoms with van der Waals surface area (Å²) in [4.78, 5) is 7.08. The molecule has 1 aromatic heterocycles. The summed E-state index contributed by atoms with van der Waals surface area (Å²) in [6, 6.07) is 0. The van der Waals surface area contributed by atoms with Gasteiger partial charge in [-0.1, -0.05) is 0 Å². The Bertz CT molecular complexity index is 391. The van der Waals surface area contributed by atoms with Crippen LogP contribution in [0.3, 0.4) is 0 Å².